The number of aliphatic carboxylic acids is 1. The van der Waals surface area contributed by atoms with Gasteiger partial charge in [0, 0.05) is 12.5 Å². The van der Waals surface area contributed by atoms with Gasteiger partial charge in [0.25, 0.3) is 0 Å². The lowest BCUT2D eigenvalue weighted by Gasteiger charge is -2.43. The second kappa shape index (κ2) is 11.5. The summed E-state index contributed by atoms with van der Waals surface area (Å²) in [5.74, 6) is -0.833. The van der Waals surface area contributed by atoms with Crippen molar-refractivity contribution in [3.63, 3.8) is 0 Å². The standard InChI is InChI=1S/C14H29BN2O4.2ClH/c1-3-17(4-2)10-12-6-5-11(7-8-15(20)21)9-14(12,16)13(18)19;;/h11-12,20-21H,3-10,16H2,1-2H3,(H,18,19);2*1H/t11-,12-,14+;;/m0../s1. The van der Waals surface area contributed by atoms with Crippen molar-refractivity contribution in [3.05, 3.63) is 0 Å². The van der Waals surface area contributed by atoms with Crippen LogP contribution < -0.4 is 5.73 Å². The van der Waals surface area contributed by atoms with Crippen LogP contribution in [0.25, 0.3) is 0 Å². The zero-order valence-electron chi connectivity index (χ0n) is 14.0. The molecule has 0 aromatic carbocycles. The van der Waals surface area contributed by atoms with Crippen LogP contribution in [0.4, 0.5) is 0 Å². The van der Waals surface area contributed by atoms with E-state index in [9.17, 15) is 9.90 Å². The lowest BCUT2D eigenvalue weighted by Crippen LogP contribution is -2.60. The second-order valence-electron chi connectivity index (χ2n) is 6.23. The fourth-order valence-electron chi connectivity index (χ4n) is 3.38. The highest BCUT2D eigenvalue weighted by Gasteiger charge is 2.47. The van der Waals surface area contributed by atoms with Crippen molar-refractivity contribution in [3.8, 4) is 0 Å². The summed E-state index contributed by atoms with van der Waals surface area (Å²) in [6.07, 6.45) is 3.00. The first kappa shape index (κ1) is 25.2. The van der Waals surface area contributed by atoms with Crippen LogP contribution in [0.5, 0.6) is 0 Å². The average Bonchev–Trinajstić information content (AvgIpc) is 2.44. The molecule has 138 valence electrons. The third-order valence-corrected chi connectivity index (χ3v) is 4.88. The number of hydrogen-bond donors (Lipinski definition) is 4. The molecule has 1 saturated carbocycles. The molecular formula is C14H31BCl2N2O4. The summed E-state index contributed by atoms with van der Waals surface area (Å²) < 4.78 is 0. The molecule has 0 aromatic heterocycles. The highest BCUT2D eigenvalue weighted by molar-refractivity contribution is 6.40. The van der Waals surface area contributed by atoms with E-state index in [2.05, 4.69) is 18.7 Å². The maximum atomic E-state index is 11.7. The molecule has 5 N–H and O–H groups in total. The van der Waals surface area contributed by atoms with Crippen LogP contribution >= 0.6 is 24.8 Å². The smallest absolute Gasteiger partial charge is 0.451 e. The molecule has 0 saturated heterocycles. The summed E-state index contributed by atoms with van der Waals surface area (Å²) in [5, 5.41) is 27.5. The predicted octanol–water partition coefficient (Wildman–Crippen LogP) is 1.23. The molecule has 0 aromatic rings. The van der Waals surface area contributed by atoms with E-state index >= 15 is 0 Å². The summed E-state index contributed by atoms with van der Waals surface area (Å²) >= 11 is 0. The number of nitrogens with two attached hydrogens (primary N) is 1. The van der Waals surface area contributed by atoms with Crippen molar-refractivity contribution in [2.45, 2.75) is 51.4 Å². The van der Waals surface area contributed by atoms with E-state index in [1.54, 1.807) is 0 Å². The van der Waals surface area contributed by atoms with Crippen LogP contribution in [0, 0.1) is 11.8 Å². The third kappa shape index (κ3) is 7.16. The van der Waals surface area contributed by atoms with E-state index in [1.165, 1.54) is 0 Å². The Bertz CT molecular complexity index is 349. The van der Waals surface area contributed by atoms with E-state index < -0.39 is 18.6 Å². The minimum Gasteiger partial charge on any atom is -0.480 e. The van der Waals surface area contributed by atoms with Crippen LogP contribution in [-0.4, -0.2) is 58.3 Å². The Kier molecular flexibility index (Phi) is 12.6. The van der Waals surface area contributed by atoms with Gasteiger partial charge < -0.3 is 25.8 Å². The lowest BCUT2D eigenvalue weighted by molar-refractivity contribution is -0.148. The average molecular weight is 373 g/mol. The summed E-state index contributed by atoms with van der Waals surface area (Å²) in [7, 11) is -1.32. The molecule has 1 rings (SSSR count). The maximum absolute atomic E-state index is 11.7. The molecule has 0 unspecified atom stereocenters. The van der Waals surface area contributed by atoms with Gasteiger partial charge in [0.1, 0.15) is 5.54 Å². The minimum atomic E-state index is -1.32. The number of carbonyl (C=O) groups is 1. The van der Waals surface area contributed by atoms with E-state index in [-0.39, 0.29) is 43.0 Å². The number of nitrogens with zero attached hydrogens (tertiary/aromatic N) is 1. The number of carboxylic acid groups (broad SMARTS) is 1. The van der Waals surface area contributed by atoms with Crippen LogP contribution in [-0.2, 0) is 4.79 Å². The maximum Gasteiger partial charge on any atom is 0.451 e. The van der Waals surface area contributed by atoms with Gasteiger partial charge in [-0.2, -0.15) is 0 Å². The number of carboxylic acids is 1. The van der Waals surface area contributed by atoms with E-state index in [1.807, 2.05) is 0 Å². The quantitative estimate of drug-likeness (QED) is 0.477. The van der Waals surface area contributed by atoms with Crippen molar-refractivity contribution in [1.29, 1.82) is 0 Å². The highest BCUT2D eigenvalue weighted by Crippen LogP contribution is 2.38. The van der Waals surface area contributed by atoms with Crippen LogP contribution in [0.2, 0.25) is 6.32 Å². The number of rotatable bonds is 8. The monoisotopic (exact) mass is 372 g/mol. The Labute approximate surface area is 151 Å². The second-order valence-corrected chi connectivity index (χ2v) is 6.23. The largest absolute Gasteiger partial charge is 0.480 e. The zero-order valence-corrected chi connectivity index (χ0v) is 15.6. The van der Waals surface area contributed by atoms with Gasteiger partial charge in [-0.3, -0.25) is 4.79 Å². The van der Waals surface area contributed by atoms with Crippen LogP contribution in [0.15, 0.2) is 0 Å². The van der Waals surface area contributed by atoms with Gasteiger partial charge in [-0.25, -0.2) is 0 Å². The molecule has 0 heterocycles. The molecule has 0 spiro atoms. The van der Waals surface area contributed by atoms with Gasteiger partial charge in [-0.1, -0.05) is 20.3 Å². The molecule has 23 heavy (non-hydrogen) atoms. The van der Waals surface area contributed by atoms with E-state index in [4.69, 9.17) is 15.8 Å². The summed E-state index contributed by atoms with van der Waals surface area (Å²) in [6, 6.07) is 0. The Morgan fingerprint density at radius 2 is 1.83 bits per heavy atom. The van der Waals surface area contributed by atoms with Crippen molar-refractivity contribution in [2.75, 3.05) is 19.6 Å². The normalized spacial score (nSPS) is 27.0. The van der Waals surface area contributed by atoms with E-state index in [0.29, 0.717) is 19.4 Å². The van der Waals surface area contributed by atoms with Crippen molar-refractivity contribution in [1.82, 2.24) is 4.90 Å². The first-order valence-electron chi connectivity index (χ1n) is 7.94. The summed E-state index contributed by atoms with van der Waals surface area (Å²) in [6.45, 7) is 6.63. The van der Waals surface area contributed by atoms with Crippen molar-refractivity contribution >= 4 is 37.9 Å². The van der Waals surface area contributed by atoms with Crippen molar-refractivity contribution < 1.29 is 19.9 Å². The summed E-state index contributed by atoms with van der Waals surface area (Å²) in [5.41, 5.74) is 5.05. The highest BCUT2D eigenvalue weighted by atomic mass is 35.5. The van der Waals surface area contributed by atoms with E-state index in [0.717, 1.165) is 25.9 Å². The van der Waals surface area contributed by atoms with Gasteiger partial charge in [-0.05, 0) is 44.6 Å². The molecule has 3 atom stereocenters. The van der Waals surface area contributed by atoms with Crippen LogP contribution in [0.3, 0.4) is 0 Å². The predicted molar refractivity (Wildman–Crippen MR) is 97.3 cm³/mol. The first-order chi connectivity index (χ1) is 9.83. The van der Waals surface area contributed by atoms with Gasteiger partial charge >= 0.3 is 13.1 Å². The molecule has 0 radical (unpaired) electrons. The van der Waals surface area contributed by atoms with Gasteiger partial charge in [0.2, 0.25) is 0 Å². The van der Waals surface area contributed by atoms with Gasteiger partial charge in [-0.15, -0.1) is 24.8 Å². The van der Waals surface area contributed by atoms with Gasteiger partial charge in [0.15, 0.2) is 0 Å². The molecule has 1 fully saturated rings. The Morgan fingerprint density at radius 3 is 2.26 bits per heavy atom. The van der Waals surface area contributed by atoms with Crippen molar-refractivity contribution in [2.24, 2.45) is 17.6 Å². The molecule has 0 bridgehead atoms. The lowest BCUT2D eigenvalue weighted by atomic mass is 9.66. The van der Waals surface area contributed by atoms with Crippen LogP contribution in [0.1, 0.15) is 39.5 Å². The Morgan fingerprint density at radius 1 is 1.26 bits per heavy atom. The molecule has 0 amide bonds. The molecule has 0 aliphatic heterocycles. The Balaban J connectivity index is 0. The topological polar surface area (TPSA) is 107 Å². The molecule has 9 heteroatoms. The van der Waals surface area contributed by atoms with Gasteiger partial charge in [0.05, 0.1) is 0 Å². The number of hydrogen-bond acceptors (Lipinski definition) is 5. The Hall–Kier alpha value is -0.0451. The minimum absolute atomic E-state index is 0. The molecule has 1 aliphatic carbocycles. The summed E-state index contributed by atoms with van der Waals surface area (Å²) in [4.78, 5) is 13.9. The molecular weight excluding hydrogens is 342 g/mol. The first-order valence-corrected chi connectivity index (χ1v) is 7.94. The fourth-order valence-corrected chi connectivity index (χ4v) is 3.38. The third-order valence-electron chi connectivity index (χ3n) is 4.88. The molecule has 6 nitrogen and oxygen atoms in total. The number of halogens is 2. The SMILES string of the molecule is CCN(CC)C[C@@H]1CC[C@@H](CCB(O)O)C[C@]1(N)C(=O)O.Cl.Cl. The molecule has 1 aliphatic rings. The zero-order chi connectivity index (χ0) is 16.0. The fraction of sp³-hybridized carbons (Fsp3) is 0.929.